The molecule has 126 valence electrons. The molecular weight excluding hydrogens is 534 g/mol. The van der Waals surface area contributed by atoms with Crippen molar-refractivity contribution in [3.63, 3.8) is 0 Å². The summed E-state index contributed by atoms with van der Waals surface area (Å²) in [4.78, 5) is 6.89. The third-order valence-corrected chi connectivity index (χ3v) is 5.71. The molecule has 0 radical (unpaired) electrons. The van der Waals surface area contributed by atoms with Crippen molar-refractivity contribution in [2.45, 2.75) is 13.0 Å². The lowest BCUT2D eigenvalue weighted by atomic mass is 10.1. The van der Waals surface area contributed by atoms with Crippen LogP contribution in [0, 0.1) is 7.53 Å². The summed E-state index contributed by atoms with van der Waals surface area (Å²) in [5, 5.41) is 9.17. The summed E-state index contributed by atoms with van der Waals surface area (Å²) in [7, 11) is 1.96. The van der Waals surface area contributed by atoms with Gasteiger partial charge in [-0.2, -0.15) is 5.10 Å². The summed E-state index contributed by atoms with van der Waals surface area (Å²) >= 11 is 4.51. The van der Waals surface area contributed by atoms with Crippen LogP contribution in [0.2, 0.25) is 0 Å². The SMILES string of the molecule is CC1COCCN1c1cc(-c2ccnn2C)c2c(I)nc(I)n2n1. The Hall–Kier alpha value is -0.950. The molecule has 3 aromatic rings. The van der Waals surface area contributed by atoms with E-state index in [-0.39, 0.29) is 0 Å². The highest BCUT2D eigenvalue weighted by Crippen LogP contribution is 2.32. The minimum Gasteiger partial charge on any atom is -0.377 e. The zero-order valence-electron chi connectivity index (χ0n) is 13.3. The van der Waals surface area contributed by atoms with Crippen molar-refractivity contribution in [1.29, 1.82) is 0 Å². The second-order valence-corrected chi connectivity index (χ2v) is 7.79. The van der Waals surface area contributed by atoms with E-state index in [9.17, 15) is 0 Å². The van der Waals surface area contributed by atoms with E-state index in [2.05, 4.69) is 73.2 Å². The van der Waals surface area contributed by atoms with Crippen LogP contribution >= 0.6 is 45.2 Å². The van der Waals surface area contributed by atoms with Crippen LogP contribution in [0.25, 0.3) is 16.8 Å². The molecular formula is C15H16I2N6O. The summed E-state index contributed by atoms with van der Waals surface area (Å²) < 4.78 is 11.2. The van der Waals surface area contributed by atoms with Gasteiger partial charge in [0.25, 0.3) is 0 Å². The molecule has 0 aromatic carbocycles. The lowest BCUT2D eigenvalue weighted by Crippen LogP contribution is -2.44. The van der Waals surface area contributed by atoms with Gasteiger partial charge in [-0.3, -0.25) is 4.68 Å². The van der Waals surface area contributed by atoms with Crippen LogP contribution in [0.4, 0.5) is 5.82 Å². The number of fused-ring (bicyclic) bond motifs is 1. The molecule has 4 heterocycles. The van der Waals surface area contributed by atoms with E-state index in [1.165, 1.54) is 0 Å². The number of nitrogens with zero attached hydrogens (tertiary/aromatic N) is 6. The number of hydrogen-bond donors (Lipinski definition) is 0. The zero-order valence-corrected chi connectivity index (χ0v) is 17.6. The second kappa shape index (κ2) is 6.41. The number of morpholine rings is 1. The lowest BCUT2D eigenvalue weighted by Gasteiger charge is -2.34. The van der Waals surface area contributed by atoms with Crippen LogP contribution < -0.4 is 4.90 Å². The number of hydrogen-bond acceptors (Lipinski definition) is 5. The molecule has 1 fully saturated rings. The Kier molecular flexibility index (Phi) is 4.41. The monoisotopic (exact) mass is 550 g/mol. The van der Waals surface area contributed by atoms with Crippen molar-refractivity contribution in [2.24, 2.45) is 7.05 Å². The van der Waals surface area contributed by atoms with Gasteiger partial charge in [-0.15, -0.1) is 5.10 Å². The zero-order chi connectivity index (χ0) is 16.8. The summed E-state index contributed by atoms with van der Waals surface area (Å²) in [6.07, 6.45) is 1.82. The molecule has 0 amide bonds. The Bertz CT molecular complexity index is 905. The fourth-order valence-corrected chi connectivity index (χ4v) is 4.85. The number of halogens is 2. The van der Waals surface area contributed by atoms with Crippen LogP contribution in [0.15, 0.2) is 18.3 Å². The van der Waals surface area contributed by atoms with E-state index in [1.807, 2.05) is 28.5 Å². The first-order valence-corrected chi connectivity index (χ1v) is 9.79. The highest BCUT2D eigenvalue weighted by Gasteiger charge is 2.24. The Morgan fingerprint density at radius 3 is 2.88 bits per heavy atom. The van der Waals surface area contributed by atoms with E-state index in [0.29, 0.717) is 6.04 Å². The summed E-state index contributed by atoms with van der Waals surface area (Å²) in [5.41, 5.74) is 3.17. The summed E-state index contributed by atoms with van der Waals surface area (Å²) in [6.45, 7) is 4.45. The van der Waals surface area contributed by atoms with Gasteiger partial charge in [0.2, 0.25) is 0 Å². The van der Waals surface area contributed by atoms with Gasteiger partial charge in [0, 0.05) is 47.9 Å². The minimum absolute atomic E-state index is 0.295. The largest absolute Gasteiger partial charge is 0.377 e. The van der Waals surface area contributed by atoms with Gasteiger partial charge in [0.15, 0.2) is 9.65 Å². The van der Waals surface area contributed by atoms with Gasteiger partial charge in [0.1, 0.15) is 9.22 Å². The Balaban J connectivity index is 1.97. The van der Waals surface area contributed by atoms with Crippen molar-refractivity contribution < 1.29 is 4.74 Å². The summed E-state index contributed by atoms with van der Waals surface area (Å²) in [6, 6.07) is 4.47. The molecule has 1 unspecified atom stereocenters. The predicted octanol–water partition coefficient (Wildman–Crippen LogP) is 2.56. The van der Waals surface area contributed by atoms with Crippen LogP contribution in [0.3, 0.4) is 0 Å². The number of ether oxygens (including phenoxy) is 1. The molecule has 9 heteroatoms. The van der Waals surface area contributed by atoms with E-state index < -0.39 is 0 Å². The van der Waals surface area contributed by atoms with Crippen LogP contribution in [0.5, 0.6) is 0 Å². The van der Waals surface area contributed by atoms with Crippen LogP contribution in [-0.4, -0.2) is 50.2 Å². The first kappa shape index (κ1) is 16.5. The summed E-state index contributed by atoms with van der Waals surface area (Å²) in [5.74, 6) is 0.946. The molecule has 7 nitrogen and oxygen atoms in total. The first-order valence-electron chi connectivity index (χ1n) is 7.64. The topological polar surface area (TPSA) is 60.5 Å². The molecule has 1 aliphatic rings. The number of anilines is 1. The van der Waals surface area contributed by atoms with E-state index in [1.54, 1.807) is 0 Å². The van der Waals surface area contributed by atoms with Crippen molar-refractivity contribution >= 4 is 56.5 Å². The second-order valence-electron chi connectivity index (χ2n) is 5.81. The molecule has 24 heavy (non-hydrogen) atoms. The fraction of sp³-hybridized carbons (Fsp3) is 0.400. The van der Waals surface area contributed by atoms with E-state index in [4.69, 9.17) is 9.84 Å². The van der Waals surface area contributed by atoms with Crippen LogP contribution in [0.1, 0.15) is 6.92 Å². The average Bonchev–Trinajstić information content (AvgIpc) is 3.11. The molecule has 1 atom stereocenters. The quantitative estimate of drug-likeness (QED) is 0.460. The van der Waals surface area contributed by atoms with Crippen molar-refractivity contribution in [3.8, 4) is 11.3 Å². The standard InChI is InChI=1S/C15H16I2N6O/c1-9-8-24-6-5-22(9)12-7-10(11-3-4-18-21(11)2)13-14(16)19-15(17)23(13)20-12/h3-4,7,9H,5-6,8H2,1-2H3. The lowest BCUT2D eigenvalue weighted by molar-refractivity contribution is 0.0984. The van der Waals surface area contributed by atoms with Gasteiger partial charge in [-0.25, -0.2) is 9.50 Å². The van der Waals surface area contributed by atoms with Gasteiger partial charge < -0.3 is 9.64 Å². The van der Waals surface area contributed by atoms with Crippen molar-refractivity contribution in [1.82, 2.24) is 24.4 Å². The fourth-order valence-electron chi connectivity index (χ4n) is 3.05. The van der Waals surface area contributed by atoms with E-state index in [0.717, 1.165) is 49.9 Å². The molecule has 0 aliphatic carbocycles. The van der Waals surface area contributed by atoms with Gasteiger partial charge in [-0.1, -0.05) is 0 Å². The van der Waals surface area contributed by atoms with Gasteiger partial charge >= 0.3 is 0 Å². The first-order chi connectivity index (χ1) is 11.6. The Morgan fingerprint density at radius 2 is 2.17 bits per heavy atom. The minimum atomic E-state index is 0.295. The number of imidazole rings is 1. The maximum Gasteiger partial charge on any atom is 0.193 e. The highest BCUT2D eigenvalue weighted by atomic mass is 127. The molecule has 1 saturated heterocycles. The number of rotatable bonds is 2. The molecule has 0 N–H and O–H groups in total. The smallest absolute Gasteiger partial charge is 0.193 e. The molecule has 0 saturated carbocycles. The molecule has 3 aromatic heterocycles. The Labute approximate surface area is 166 Å². The average molecular weight is 550 g/mol. The maximum atomic E-state index is 5.56. The predicted molar refractivity (Wildman–Crippen MR) is 108 cm³/mol. The molecule has 0 bridgehead atoms. The van der Waals surface area contributed by atoms with Crippen LogP contribution in [-0.2, 0) is 11.8 Å². The van der Waals surface area contributed by atoms with E-state index >= 15 is 0 Å². The Morgan fingerprint density at radius 1 is 1.33 bits per heavy atom. The number of aromatic nitrogens is 5. The third-order valence-electron chi connectivity index (χ3n) is 4.26. The van der Waals surface area contributed by atoms with Crippen molar-refractivity contribution in [3.05, 3.63) is 25.9 Å². The molecule has 4 rings (SSSR count). The maximum absolute atomic E-state index is 5.56. The van der Waals surface area contributed by atoms with Crippen molar-refractivity contribution in [2.75, 3.05) is 24.7 Å². The number of aryl methyl sites for hydroxylation is 1. The highest BCUT2D eigenvalue weighted by molar-refractivity contribution is 14.1. The van der Waals surface area contributed by atoms with Gasteiger partial charge in [0.05, 0.1) is 24.9 Å². The van der Waals surface area contributed by atoms with Gasteiger partial charge in [-0.05, 0) is 41.6 Å². The molecule has 0 spiro atoms. The third kappa shape index (κ3) is 2.69. The molecule has 1 aliphatic heterocycles. The normalized spacial score (nSPS) is 18.5.